The Morgan fingerprint density at radius 3 is 2.55 bits per heavy atom. The number of piperazine rings is 1. The highest BCUT2D eigenvalue weighted by atomic mass is 35.5. The van der Waals surface area contributed by atoms with Crippen molar-refractivity contribution in [3.8, 4) is 0 Å². The lowest BCUT2D eigenvalue weighted by molar-refractivity contribution is -0.136. The molecule has 0 spiro atoms. The molecule has 0 atom stereocenters. The first-order valence-corrected chi connectivity index (χ1v) is 6.69. The van der Waals surface area contributed by atoms with Gasteiger partial charge in [0.1, 0.15) is 5.54 Å². The van der Waals surface area contributed by atoms with Crippen molar-refractivity contribution in [3.63, 3.8) is 0 Å². The number of anilines is 1. The van der Waals surface area contributed by atoms with E-state index >= 15 is 0 Å². The van der Waals surface area contributed by atoms with Gasteiger partial charge in [-0.2, -0.15) is 0 Å². The first kappa shape index (κ1) is 14.7. The molecule has 0 unspecified atom stereocenters. The highest BCUT2D eigenvalue weighted by Gasteiger charge is 2.41. The van der Waals surface area contributed by atoms with Gasteiger partial charge in [0.05, 0.1) is 16.3 Å². The average molecular weight is 297 g/mol. The van der Waals surface area contributed by atoms with Gasteiger partial charge in [-0.3, -0.25) is 4.79 Å². The zero-order chi connectivity index (χ0) is 15.1. The fourth-order valence-corrected chi connectivity index (χ4v) is 2.78. The number of carbonyl (C=O) groups is 2. The first-order valence-electron chi connectivity index (χ1n) is 6.31. The Balaban J connectivity index is 2.41. The van der Waals surface area contributed by atoms with E-state index in [-0.39, 0.29) is 11.5 Å². The topological polar surface area (TPSA) is 60.9 Å². The van der Waals surface area contributed by atoms with Crippen LogP contribution in [0, 0.1) is 0 Å². The Labute approximate surface area is 122 Å². The molecule has 0 aromatic heterocycles. The van der Waals surface area contributed by atoms with Gasteiger partial charge in [-0.25, -0.2) is 4.79 Å². The third-order valence-electron chi connectivity index (χ3n) is 3.69. The summed E-state index contributed by atoms with van der Waals surface area (Å²) >= 11 is 6.19. The van der Waals surface area contributed by atoms with Crippen LogP contribution in [0.4, 0.5) is 5.69 Å². The third-order valence-corrected chi connectivity index (χ3v) is 3.99. The van der Waals surface area contributed by atoms with Crippen molar-refractivity contribution in [2.24, 2.45) is 0 Å². The standard InChI is InChI=1S/C14H17ClN2O3/c1-14(2)13(20)16(3)6-7-17(14)11-5-4-9(12(18)19)8-10(11)15/h4-5,8H,6-7H2,1-3H3,(H,18,19). The molecule has 0 saturated carbocycles. The van der Waals surface area contributed by atoms with Gasteiger partial charge in [0.2, 0.25) is 5.91 Å². The van der Waals surface area contributed by atoms with Crippen LogP contribution in [0.1, 0.15) is 24.2 Å². The molecule has 1 saturated heterocycles. The van der Waals surface area contributed by atoms with Crippen LogP contribution < -0.4 is 4.90 Å². The molecule has 0 radical (unpaired) electrons. The Bertz CT molecular complexity index is 572. The predicted molar refractivity (Wildman–Crippen MR) is 77.5 cm³/mol. The molecule has 1 aliphatic rings. The maximum Gasteiger partial charge on any atom is 0.335 e. The van der Waals surface area contributed by atoms with Gasteiger partial charge in [0.15, 0.2) is 0 Å². The molecule has 20 heavy (non-hydrogen) atoms. The number of benzene rings is 1. The number of carbonyl (C=O) groups excluding carboxylic acids is 1. The number of halogens is 1. The third kappa shape index (κ3) is 2.33. The molecule has 2 rings (SSSR count). The molecule has 1 aromatic rings. The van der Waals surface area contributed by atoms with Gasteiger partial charge < -0.3 is 14.9 Å². The minimum absolute atomic E-state index is 0.0159. The van der Waals surface area contributed by atoms with Crippen molar-refractivity contribution in [1.82, 2.24) is 4.90 Å². The predicted octanol–water partition coefficient (Wildman–Crippen LogP) is 2.10. The summed E-state index contributed by atoms with van der Waals surface area (Å²) in [6.45, 7) is 4.94. The second-order valence-electron chi connectivity index (χ2n) is 5.41. The van der Waals surface area contributed by atoms with Gasteiger partial charge in [-0.05, 0) is 32.0 Å². The molecule has 6 heteroatoms. The number of carboxylic acid groups (broad SMARTS) is 1. The van der Waals surface area contributed by atoms with Crippen molar-refractivity contribution in [1.29, 1.82) is 0 Å². The van der Waals surface area contributed by atoms with Crippen LogP contribution >= 0.6 is 11.6 Å². The van der Waals surface area contributed by atoms with Crippen molar-refractivity contribution >= 4 is 29.2 Å². The van der Waals surface area contributed by atoms with E-state index in [9.17, 15) is 9.59 Å². The molecule has 1 fully saturated rings. The van der Waals surface area contributed by atoms with Crippen LogP contribution in [-0.2, 0) is 4.79 Å². The molecule has 1 aromatic carbocycles. The van der Waals surface area contributed by atoms with Crippen LogP contribution in [0.2, 0.25) is 5.02 Å². The highest BCUT2D eigenvalue weighted by molar-refractivity contribution is 6.33. The van der Waals surface area contributed by atoms with Crippen LogP contribution in [0.15, 0.2) is 18.2 Å². The van der Waals surface area contributed by atoms with Gasteiger partial charge in [-0.1, -0.05) is 11.6 Å². The zero-order valence-corrected chi connectivity index (χ0v) is 12.4. The maximum absolute atomic E-state index is 12.3. The van der Waals surface area contributed by atoms with Crippen molar-refractivity contribution in [2.75, 3.05) is 25.0 Å². The SMILES string of the molecule is CN1CCN(c2ccc(C(=O)O)cc2Cl)C(C)(C)C1=O. The Hall–Kier alpha value is -1.75. The van der Waals surface area contributed by atoms with Gasteiger partial charge in [-0.15, -0.1) is 0 Å². The lowest BCUT2D eigenvalue weighted by atomic mass is 9.96. The lowest BCUT2D eigenvalue weighted by Crippen LogP contribution is -2.62. The van der Waals surface area contributed by atoms with Crippen molar-refractivity contribution in [2.45, 2.75) is 19.4 Å². The van der Waals surface area contributed by atoms with E-state index in [1.165, 1.54) is 12.1 Å². The Morgan fingerprint density at radius 1 is 1.35 bits per heavy atom. The van der Waals surface area contributed by atoms with Crippen LogP contribution in [0.25, 0.3) is 0 Å². The van der Waals surface area contributed by atoms with Crippen molar-refractivity contribution in [3.05, 3.63) is 28.8 Å². The maximum atomic E-state index is 12.3. The number of nitrogens with zero attached hydrogens (tertiary/aromatic N) is 2. The number of rotatable bonds is 2. The minimum atomic E-state index is -1.02. The van der Waals surface area contributed by atoms with E-state index in [0.29, 0.717) is 23.8 Å². The number of aromatic carboxylic acids is 1. The average Bonchev–Trinajstić information content (AvgIpc) is 2.37. The van der Waals surface area contributed by atoms with Crippen LogP contribution in [0.5, 0.6) is 0 Å². The summed E-state index contributed by atoms with van der Waals surface area (Å²) in [5.41, 5.74) is 0.113. The summed E-state index contributed by atoms with van der Waals surface area (Å²) in [6.07, 6.45) is 0. The van der Waals surface area contributed by atoms with E-state index < -0.39 is 11.5 Å². The minimum Gasteiger partial charge on any atom is -0.478 e. The summed E-state index contributed by atoms with van der Waals surface area (Å²) in [4.78, 5) is 26.8. The molecule has 108 valence electrons. The second-order valence-corrected chi connectivity index (χ2v) is 5.82. The molecule has 1 aliphatic heterocycles. The molecule has 5 nitrogen and oxygen atoms in total. The summed E-state index contributed by atoms with van der Waals surface area (Å²) < 4.78 is 0. The van der Waals surface area contributed by atoms with E-state index in [2.05, 4.69) is 0 Å². The van der Waals surface area contributed by atoms with E-state index in [4.69, 9.17) is 16.7 Å². The fourth-order valence-electron chi connectivity index (χ4n) is 2.49. The summed E-state index contributed by atoms with van der Waals surface area (Å²) in [5, 5.41) is 9.30. The molecule has 0 bridgehead atoms. The Morgan fingerprint density at radius 2 is 2.00 bits per heavy atom. The molecular formula is C14H17ClN2O3. The first-order chi connectivity index (χ1) is 9.25. The largest absolute Gasteiger partial charge is 0.478 e. The summed E-state index contributed by atoms with van der Waals surface area (Å²) in [5.74, 6) is -1.01. The highest BCUT2D eigenvalue weighted by Crippen LogP contribution is 2.34. The van der Waals surface area contributed by atoms with E-state index in [1.54, 1.807) is 18.0 Å². The molecule has 0 aliphatic carbocycles. The quantitative estimate of drug-likeness (QED) is 0.908. The number of carboxylic acids is 1. The normalized spacial score (nSPS) is 18.3. The number of amides is 1. The summed E-state index contributed by atoms with van der Waals surface area (Å²) in [6, 6.07) is 4.58. The van der Waals surface area contributed by atoms with Crippen molar-refractivity contribution < 1.29 is 14.7 Å². The molecular weight excluding hydrogens is 280 g/mol. The van der Waals surface area contributed by atoms with Gasteiger partial charge in [0, 0.05) is 20.1 Å². The number of likely N-dealkylation sites (N-methyl/N-ethyl adjacent to an activating group) is 1. The van der Waals surface area contributed by atoms with Gasteiger partial charge in [0.25, 0.3) is 0 Å². The van der Waals surface area contributed by atoms with Crippen LogP contribution in [0.3, 0.4) is 0 Å². The smallest absolute Gasteiger partial charge is 0.335 e. The van der Waals surface area contributed by atoms with E-state index in [0.717, 1.165) is 0 Å². The number of hydrogen-bond acceptors (Lipinski definition) is 3. The molecule has 1 heterocycles. The Kier molecular flexibility index (Phi) is 3.65. The number of hydrogen-bond donors (Lipinski definition) is 1. The zero-order valence-electron chi connectivity index (χ0n) is 11.7. The molecule has 1 amide bonds. The summed E-state index contributed by atoms with van der Waals surface area (Å²) in [7, 11) is 1.77. The monoisotopic (exact) mass is 296 g/mol. The second kappa shape index (κ2) is 4.98. The molecule has 1 N–H and O–H groups in total. The van der Waals surface area contributed by atoms with E-state index in [1.807, 2.05) is 18.7 Å². The lowest BCUT2D eigenvalue weighted by Gasteiger charge is -2.46. The fraction of sp³-hybridized carbons (Fsp3) is 0.429. The van der Waals surface area contributed by atoms with Crippen LogP contribution in [-0.4, -0.2) is 47.6 Å². The van der Waals surface area contributed by atoms with Gasteiger partial charge >= 0.3 is 5.97 Å².